The van der Waals surface area contributed by atoms with Gasteiger partial charge in [-0.2, -0.15) is 5.10 Å². The van der Waals surface area contributed by atoms with Crippen LogP contribution in [0.3, 0.4) is 0 Å². The fourth-order valence-corrected chi connectivity index (χ4v) is 11.5. The van der Waals surface area contributed by atoms with E-state index in [0.29, 0.717) is 93.0 Å². The third kappa shape index (κ3) is 11.8. The molecule has 10 rings (SSSR count). The highest BCUT2D eigenvalue weighted by molar-refractivity contribution is 7.10. The van der Waals surface area contributed by atoms with Crippen LogP contribution in [-0.2, 0) is 14.4 Å². The fraction of sp³-hybridized carbons (Fsp3) is 0.473. The Labute approximate surface area is 439 Å². The van der Waals surface area contributed by atoms with E-state index in [0.717, 1.165) is 86.2 Å². The first-order chi connectivity index (χ1) is 36.5. The Morgan fingerprint density at radius 1 is 0.880 bits per heavy atom. The Bertz CT molecular complexity index is 3020. The number of aromatic nitrogens is 6. The standard InChI is InChI=1S/C55H65FN12O6S/c1-34(57-2)52(71)64-48(36-11-5-3-6-12-36)55(73)67-21-10-15-45(67)53-63-44(33-75-53)49(70)37-13-9-14-40(27-37)74-26-8-4-7-16-47(69)65-22-24-66(25-23-65)54(72)38-19-20-42(41(56)28-38)61-50-51-58-31-46(39-29-59-60-30-39)68(51)32-43(62-50)35-17-18-35/h9,13-14,19-20,27-36,45,48,57H,3-8,10-12,15-18,21-26H2,1-2H3,(H,59,60)(H,61,62)(H,64,71)/t34-,45-,48?/m0/s1. The Hall–Kier alpha value is -7.06. The number of carbonyl (C=O) groups excluding carboxylic acids is 5. The first kappa shape index (κ1) is 51.4. The van der Waals surface area contributed by atoms with Gasteiger partial charge in [-0.15, -0.1) is 11.3 Å². The Morgan fingerprint density at radius 2 is 1.69 bits per heavy atom. The molecule has 0 bridgehead atoms. The molecule has 4 N–H and O–H groups in total. The van der Waals surface area contributed by atoms with E-state index in [2.05, 4.69) is 31.1 Å². The summed E-state index contributed by atoms with van der Waals surface area (Å²) in [6.45, 7) is 4.27. The van der Waals surface area contributed by atoms with Gasteiger partial charge >= 0.3 is 0 Å². The summed E-state index contributed by atoms with van der Waals surface area (Å²) in [4.78, 5) is 87.2. The number of likely N-dealkylation sites (N-methyl/N-ethyl adjacent to an activating group) is 1. The van der Waals surface area contributed by atoms with E-state index < -0.39 is 17.9 Å². The highest BCUT2D eigenvalue weighted by Crippen LogP contribution is 2.41. The summed E-state index contributed by atoms with van der Waals surface area (Å²) in [6, 6.07) is 10.2. The SMILES string of the molecule is CN[C@@H](C)C(=O)NC(C(=O)N1CCC[C@H]1c1nc(C(=O)c2cccc(OCCCCCC(=O)N3CCN(C(=O)c4ccc(Nc5nc(C6CC6)cn6c(-c7cn[nH]c7)cnc56)c(F)c4)CC3)c2)cs1)C1CCCCC1. The number of rotatable bonds is 20. The number of anilines is 2. The molecular weight excluding hydrogens is 976 g/mol. The molecule has 4 aliphatic rings. The number of hydrogen-bond donors (Lipinski definition) is 4. The molecule has 6 aromatic rings. The number of likely N-dealkylation sites (tertiary alicyclic amines) is 1. The van der Waals surface area contributed by atoms with Gasteiger partial charge in [0.1, 0.15) is 28.3 Å². The summed E-state index contributed by atoms with van der Waals surface area (Å²) >= 11 is 1.39. The average Bonchev–Trinajstić information content (AvgIpc) is 3.88. The van der Waals surface area contributed by atoms with Crippen LogP contribution in [0.25, 0.3) is 16.9 Å². The summed E-state index contributed by atoms with van der Waals surface area (Å²) in [5, 5.41) is 18.6. The van der Waals surface area contributed by atoms with Crippen molar-refractivity contribution in [2.75, 3.05) is 51.7 Å². The predicted octanol–water partition coefficient (Wildman–Crippen LogP) is 7.83. The summed E-state index contributed by atoms with van der Waals surface area (Å²) in [5.41, 5.74) is 4.32. The minimum Gasteiger partial charge on any atom is -0.494 e. The molecule has 20 heteroatoms. The molecule has 4 aromatic heterocycles. The smallest absolute Gasteiger partial charge is 0.254 e. The first-order valence-electron chi connectivity index (χ1n) is 26.5. The van der Waals surface area contributed by atoms with Crippen molar-refractivity contribution in [3.05, 3.63) is 106 Å². The van der Waals surface area contributed by atoms with Crippen LogP contribution in [0, 0.1) is 11.7 Å². The van der Waals surface area contributed by atoms with Gasteiger partial charge in [-0.05, 0) is 108 Å². The maximum Gasteiger partial charge on any atom is 0.254 e. The fourth-order valence-electron chi connectivity index (χ4n) is 10.5. The van der Waals surface area contributed by atoms with E-state index in [9.17, 15) is 24.0 Å². The number of imidazole rings is 1. The van der Waals surface area contributed by atoms with Gasteiger partial charge in [0.05, 0.1) is 48.2 Å². The summed E-state index contributed by atoms with van der Waals surface area (Å²) in [5.74, 6) is 0.0788. The maximum absolute atomic E-state index is 15.7. The molecule has 2 aliphatic carbocycles. The number of benzene rings is 2. The quantitative estimate of drug-likeness (QED) is 0.0426. The summed E-state index contributed by atoms with van der Waals surface area (Å²) < 4.78 is 23.7. The van der Waals surface area contributed by atoms with Crippen LogP contribution in [0.15, 0.2) is 72.6 Å². The third-order valence-electron chi connectivity index (χ3n) is 15.2. The molecule has 3 atom stereocenters. The van der Waals surface area contributed by atoms with E-state index >= 15 is 4.39 Å². The predicted molar refractivity (Wildman–Crippen MR) is 281 cm³/mol. The average molecular weight is 1040 g/mol. The number of H-pyrrole nitrogens is 1. The van der Waals surface area contributed by atoms with Crippen LogP contribution in [0.5, 0.6) is 5.75 Å². The molecule has 0 spiro atoms. The zero-order chi connectivity index (χ0) is 52.0. The molecule has 75 heavy (non-hydrogen) atoms. The van der Waals surface area contributed by atoms with Crippen LogP contribution in [0.4, 0.5) is 15.9 Å². The van der Waals surface area contributed by atoms with Gasteiger partial charge < -0.3 is 35.4 Å². The molecule has 2 saturated carbocycles. The highest BCUT2D eigenvalue weighted by atomic mass is 32.1. The molecule has 4 amide bonds. The molecule has 0 radical (unpaired) electrons. The van der Waals surface area contributed by atoms with Gasteiger partial charge in [-0.25, -0.2) is 19.3 Å². The lowest BCUT2D eigenvalue weighted by Crippen LogP contribution is -2.55. The number of hydrogen-bond acceptors (Lipinski definition) is 13. The number of unbranched alkanes of at least 4 members (excludes halogenated alkanes) is 2. The Kier molecular flexibility index (Phi) is 15.9. The number of ether oxygens (including phenoxy) is 1. The van der Waals surface area contributed by atoms with Crippen molar-refractivity contribution < 1.29 is 33.1 Å². The van der Waals surface area contributed by atoms with Crippen molar-refractivity contribution in [3.63, 3.8) is 0 Å². The normalized spacial score (nSPS) is 18.0. The molecule has 6 heterocycles. The number of aromatic amines is 1. The zero-order valence-corrected chi connectivity index (χ0v) is 43.4. The minimum absolute atomic E-state index is 0.0305. The molecule has 1 unspecified atom stereocenters. The van der Waals surface area contributed by atoms with E-state index in [-0.39, 0.29) is 52.6 Å². The van der Waals surface area contributed by atoms with E-state index in [1.165, 1.54) is 17.4 Å². The van der Waals surface area contributed by atoms with Crippen LogP contribution < -0.4 is 20.7 Å². The number of piperazine rings is 1. The number of nitrogens with one attached hydrogen (secondary N) is 4. The van der Waals surface area contributed by atoms with Gasteiger partial charge in [0.25, 0.3) is 5.91 Å². The van der Waals surface area contributed by atoms with Crippen molar-refractivity contribution in [3.8, 4) is 17.0 Å². The second-order valence-corrected chi connectivity index (χ2v) is 21.2. The number of amides is 4. The van der Waals surface area contributed by atoms with Crippen LogP contribution in [-0.4, -0.2) is 132 Å². The maximum atomic E-state index is 15.7. The lowest BCUT2D eigenvalue weighted by Gasteiger charge is -2.35. The van der Waals surface area contributed by atoms with Crippen molar-refractivity contribution in [2.45, 2.75) is 114 Å². The molecule has 18 nitrogen and oxygen atoms in total. The van der Waals surface area contributed by atoms with Crippen molar-refractivity contribution >= 4 is 57.9 Å². The molecular formula is C55H65FN12O6S. The number of thiazole rings is 1. The van der Waals surface area contributed by atoms with E-state index in [4.69, 9.17) is 14.7 Å². The highest BCUT2D eigenvalue weighted by Gasteiger charge is 2.40. The van der Waals surface area contributed by atoms with Crippen LogP contribution >= 0.6 is 11.3 Å². The van der Waals surface area contributed by atoms with Gasteiger partial charge in [-0.1, -0.05) is 31.4 Å². The monoisotopic (exact) mass is 1040 g/mol. The second-order valence-electron chi connectivity index (χ2n) is 20.3. The van der Waals surface area contributed by atoms with Crippen molar-refractivity contribution in [1.29, 1.82) is 0 Å². The van der Waals surface area contributed by atoms with Gasteiger partial charge in [-0.3, -0.25) is 33.5 Å². The second kappa shape index (κ2) is 23.2. The zero-order valence-electron chi connectivity index (χ0n) is 42.6. The number of nitrogens with zero attached hydrogens (tertiary/aromatic N) is 8. The van der Waals surface area contributed by atoms with Crippen LogP contribution in [0.2, 0.25) is 0 Å². The first-order valence-corrected chi connectivity index (χ1v) is 27.4. The molecule has 2 aromatic carbocycles. The lowest BCUT2D eigenvalue weighted by molar-refractivity contribution is -0.139. The molecule has 2 aliphatic heterocycles. The van der Waals surface area contributed by atoms with E-state index in [1.807, 2.05) is 21.6 Å². The molecule has 4 fully saturated rings. The van der Waals surface area contributed by atoms with Gasteiger partial charge in [0.15, 0.2) is 11.5 Å². The third-order valence-corrected chi connectivity index (χ3v) is 16.1. The number of carbonyl (C=O) groups is 5. The van der Waals surface area contributed by atoms with Crippen LogP contribution in [0.1, 0.15) is 139 Å². The number of fused-ring (bicyclic) bond motifs is 1. The number of ketones is 1. The Morgan fingerprint density at radius 3 is 2.45 bits per heavy atom. The van der Waals surface area contributed by atoms with E-state index in [1.54, 1.807) is 78.1 Å². The summed E-state index contributed by atoms with van der Waals surface area (Å²) in [7, 11) is 1.73. The Balaban J connectivity index is 0.655. The lowest BCUT2D eigenvalue weighted by atomic mass is 9.83. The molecule has 394 valence electrons. The largest absolute Gasteiger partial charge is 0.494 e. The molecule has 2 saturated heterocycles. The summed E-state index contributed by atoms with van der Waals surface area (Å²) in [6.07, 6.45) is 18.4. The minimum atomic E-state index is -0.593. The van der Waals surface area contributed by atoms with Gasteiger partial charge in [0, 0.05) is 79.5 Å². The topological polar surface area (TPSA) is 212 Å². The van der Waals surface area contributed by atoms with Crippen molar-refractivity contribution in [2.24, 2.45) is 5.92 Å². The van der Waals surface area contributed by atoms with Gasteiger partial charge in [0.2, 0.25) is 23.5 Å². The number of halogens is 1. The van der Waals surface area contributed by atoms with Crippen molar-refractivity contribution in [1.82, 2.24) is 54.9 Å².